The number of allylic oxidation sites excluding steroid dienone is 2. The van der Waals surface area contributed by atoms with Gasteiger partial charge in [-0.05, 0) is 92.6 Å². The number of aromatic nitrogens is 2. The molecule has 8 aromatic rings. The zero-order valence-corrected chi connectivity index (χ0v) is 42.0. The number of para-hydroxylation sites is 1. The van der Waals surface area contributed by atoms with Crippen LogP contribution in [-0.2, 0) is 27.1 Å². The highest BCUT2D eigenvalue weighted by molar-refractivity contribution is 6.11. The quantitative estimate of drug-likeness (QED) is 0.145. The maximum Gasteiger partial charge on any atom is 0.137 e. The van der Waals surface area contributed by atoms with Crippen LogP contribution in [0.2, 0.25) is 0 Å². The van der Waals surface area contributed by atoms with Gasteiger partial charge in [0.05, 0.1) is 29.1 Å². The summed E-state index contributed by atoms with van der Waals surface area (Å²) in [6.45, 7) is 30.7. The SMILES string of the molecule is CC(C)(C)c1cccc(N2CN(c3cccc(Oc4cc(C(C)(C)C)c5c6ccccc6n(-c6cc(C(C)(C)C)ccn6)c5c4)c3)C(C(C)(C)c3ccccc3)=C2C(C)(C)c2ccccc2)c1. The van der Waals surface area contributed by atoms with Gasteiger partial charge in [0, 0.05) is 51.3 Å². The summed E-state index contributed by atoms with van der Waals surface area (Å²) >= 11 is 0. The van der Waals surface area contributed by atoms with Gasteiger partial charge in [-0.15, -0.1) is 0 Å². The summed E-state index contributed by atoms with van der Waals surface area (Å²) < 4.78 is 9.45. The number of hydrogen-bond acceptors (Lipinski definition) is 4. The second kappa shape index (κ2) is 16.6. The molecule has 0 unspecified atom stereocenters. The molecular formula is C62H68N4O. The Morgan fingerprint density at radius 1 is 0.433 bits per heavy atom. The van der Waals surface area contributed by atoms with E-state index in [9.17, 15) is 0 Å². The Morgan fingerprint density at radius 3 is 1.54 bits per heavy atom. The molecule has 0 atom stereocenters. The van der Waals surface area contributed by atoms with Crippen LogP contribution in [0.1, 0.15) is 118 Å². The Morgan fingerprint density at radius 2 is 0.955 bits per heavy atom. The maximum absolute atomic E-state index is 7.13. The van der Waals surface area contributed by atoms with Crippen LogP contribution >= 0.6 is 0 Å². The first-order valence-electron chi connectivity index (χ1n) is 24.0. The lowest BCUT2D eigenvalue weighted by Gasteiger charge is -2.38. The van der Waals surface area contributed by atoms with Crippen molar-refractivity contribution < 1.29 is 4.74 Å². The zero-order valence-electron chi connectivity index (χ0n) is 42.0. The van der Waals surface area contributed by atoms with Crippen LogP contribution in [0.3, 0.4) is 0 Å². The highest BCUT2D eigenvalue weighted by atomic mass is 16.5. The van der Waals surface area contributed by atoms with Gasteiger partial charge >= 0.3 is 0 Å². The first kappa shape index (κ1) is 45.6. The molecule has 1 aliphatic rings. The van der Waals surface area contributed by atoms with Crippen LogP contribution in [0.15, 0.2) is 175 Å². The van der Waals surface area contributed by atoms with E-state index in [-0.39, 0.29) is 21.7 Å². The predicted octanol–water partition coefficient (Wildman–Crippen LogP) is 16.3. The number of anilines is 2. The van der Waals surface area contributed by atoms with Gasteiger partial charge in [-0.2, -0.15) is 0 Å². The predicted molar refractivity (Wildman–Crippen MR) is 283 cm³/mol. The molecule has 1 aliphatic heterocycles. The number of fused-ring (bicyclic) bond motifs is 3. The van der Waals surface area contributed by atoms with Crippen molar-refractivity contribution in [3.05, 3.63) is 203 Å². The number of hydrogen-bond donors (Lipinski definition) is 0. The van der Waals surface area contributed by atoms with E-state index in [2.05, 4.69) is 262 Å². The highest BCUT2D eigenvalue weighted by Crippen LogP contribution is 2.51. The minimum Gasteiger partial charge on any atom is -0.457 e. The molecule has 0 radical (unpaired) electrons. The Kier molecular flexibility index (Phi) is 11.3. The van der Waals surface area contributed by atoms with Crippen LogP contribution < -0.4 is 14.5 Å². The number of ether oxygens (including phenoxy) is 1. The molecule has 0 bridgehead atoms. The van der Waals surface area contributed by atoms with Crippen molar-refractivity contribution in [1.82, 2.24) is 9.55 Å². The molecule has 0 fully saturated rings. The summed E-state index contributed by atoms with van der Waals surface area (Å²) in [5.41, 5.74) is 12.3. The number of benzene rings is 6. The molecule has 3 heterocycles. The average molecular weight is 885 g/mol. The van der Waals surface area contributed by atoms with Crippen molar-refractivity contribution in [2.45, 2.75) is 117 Å². The standard InChI is InChI=1S/C62H68N4O/c1-58(2,3)44-28-22-29-46(36-44)64-41-65(57(62(12,13)43-26-18-15-19-27-43)56(64)61(10,11)42-24-16-14-17-25-42)47-30-23-31-48(38-47)67-49-39-51(60(7,8)9)55-50-32-20-21-33-52(50)66(53(55)40-49)54-37-45(34-35-63-54)59(4,5)6/h14-40H,41H2,1-13H3. The van der Waals surface area contributed by atoms with Crippen LogP contribution in [0, 0.1) is 0 Å². The second-order valence-electron chi connectivity index (χ2n) is 22.7. The van der Waals surface area contributed by atoms with E-state index in [4.69, 9.17) is 9.72 Å². The third-order valence-electron chi connectivity index (χ3n) is 14.0. The molecule has 6 aromatic carbocycles. The van der Waals surface area contributed by atoms with Crippen molar-refractivity contribution in [1.29, 1.82) is 0 Å². The molecule has 0 aliphatic carbocycles. The van der Waals surface area contributed by atoms with E-state index < -0.39 is 5.41 Å². The normalized spacial score (nSPS) is 14.2. The van der Waals surface area contributed by atoms with Gasteiger partial charge < -0.3 is 14.5 Å². The lowest BCUT2D eigenvalue weighted by atomic mass is 9.73. The van der Waals surface area contributed by atoms with Crippen LogP contribution in [0.5, 0.6) is 11.5 Å². The fourth-order valence-electron chi connectivity index (χ4n) is 10.2. The van der Waals surface area contributed by atoms with Gasteiger partial charge in [-0.3, -0.25) is 4.57 Å². The Hall–Kier alpha value is -6.59. The summed E-state index contributed by atoms with van der Waals surface area (Å²) in [7, 11) is 0. The second-order valence-corrected chi connectivity index (χ2v) is 22.7. The molecule has 9 rings (SSSR count). The Labute approximate surface area is 399 Å². The van der Waals surface area contributed by atoms with E-state index in [0.717, 1.165) is 34.0 Å². The summed E-state index contributed by atoms with van der Waals surface area (Å²) in [5, 5.41) is 2.44. The van der Waals surface area contributed by atoms with Gasteiger partial charge in [-0.25, -0.2) is 4.98 Å². The van der Waals surface area contributed by atoms with Crippen molar-refractivity contribution in [3.63, 3.8) is 0 Å². The molecule has 0 saturated heterocycles. The number of rotatable bonds is 9. The smallest absolute Gasteiger partial charge is 0.137 e. The van der Waals surface area contributed by atoms with E-state index in [1.54, 1.807) is 0 Å². The van der Waals surface area contributed by atoms with Crippen LogP contribution in [-0.4, -0.2) is 16.2 Å². The summed E-state index contributed by atoms with van der Waals surface area (Å²) in [6.07, 6.45) is 1.95. The third kappa shape index (κ3) is 8.43. The first-order valence-corrected chi connectivity index (χ1v) is 24.0. The van der Waals surface area contributed by atoms with E-state index in [0.29, 0.717) is 6.67 Å². The lowest BCUT2D eigenvalue weighted by Crippen LogP contribution is -2.34. The zero-order chi connectivity index (χ0) is 47.7. The van der Waals surface area contributed by atoms with Gasteiger partial charge in [0.15, 0.2) is 0 Å². The Balaban J connectivity index is 1.23. The van der Waals surface area contributed by atoms with E-state index in [1.165, 1.54) is 55.7 Å². The van der Waals surface area contributed by atoms with Crippen molar-refractivity contribution in [3.8, 4) is 17.3 Å². The average Bonchev–Trinajstić information content (AvgIpc) is 3.87. The molecule has 5 nitrogen and oxygen atoms in total. The highest BCUT2D eigenvalue weighted by Gasteiger charge is 2.46. The number of pyridine rings is 1. The van der Waals surface area contributed by atoms with Crippen LogP contribution in [0.25, 0.3) is 27.6 Å². The molecular weight excluding hydrogens is 817 g/mol. The van der Waals surface area contributed by atoms with Crippen molar-refractivity contribution >= 4 is 33.2 Å². The minimum atomic E-state index is -0.395. The third-order valence-corrected chi connectivity index (χ3v) is 14.0. The van der Waals surface area contributed by atoms with E-state index in [1.807, 2.05) is 6.20 Å². The first-order chi connectivity index (χ1) is 31.6. The van der Waals surface area contributed by atoms with Gasteiger partial charge in [-0.1, -0.05) is 187 Å². The van der Waals surface area contributed by atoms with Gasteiger partial charge in [0.2, 0.25) is 0 Å². The van der Waals surface area contributed by atoms with E-state index >= 15 is 0 Å². The lowest BCUT2D eigenvalue weighted by molar-refractivity contribution is 0.479. The number of nitrogens with zero attached hydrogens (tertiary/aromatic N) is 4. The minimum absolute atomic E-state index is 0.0107. The molecule has 0 spiro atoms. The topological polar surface area (TPSA) is 33.5 Å². The fraction of sp³-hybridized carbons (Fsp3) is 0.306. The Bertz CT molecular complexity index is 3130. The monoisotopic (exact) mass is 885 g/mol. The fourth-order valence-corrected chi connectivity index (χ4v) is 10.2. The molecule has 2 aromatic heterocycles. The van der Waals surface area contributed by atoms with Crippen LogP contribution in [0.4, 0.5) is 11.4 Å². The van der Waals surface area contributed by atoms with Crippen molar-refractivity contribution in [2.75, 3.05) is 16.5 Å². The molecule has 0 N–H and O–H groups in total. The molecule has 342 valence electrons. The summed E-state index contributed by atoms with van der Waals surface area (Å²) in [6, 6.07) is 57.4. The molecule has 0 saturated carbocycles. The summed E-state index contributed by atoms with van der Waals surface area (Å²) in [5.74, 6) is 2.47. The largest absolute Gasteiger partial charge is 0.457 e. The van der Waals surface area contributed by atoms with Gasteiger partial charge in [0.1, 0.15) is 17.3 Å². The van der Waals surface area contributed by atoms with Crippen molar-refractivity contribution in [2.24, 2.45) is 0 Å². The molecule has 67 heavy (non-hydrogen) atoms. The maximum atomic E-state index is 7.13. The van der Waals surface area contributed by atoms with Gasteiger partial charge in [0.25, 0.3) is 0 Å². The summed E-state index contributed by atoms with van der Waals surface area (Å²) in [4.78, 5) is 10.1. The molecule has 0 amide bonds. The molecule has 5 heteroatoms.